The van der Waals surface area contributed by atoms with Crippen LogP contribution in [0.3, 0.4) is 0 Å². The highest BCUT2D eigenvalue weighted by atomic mass is 32.2. The second-order valence-electron chi connectivity index (χ2n) is 7.37. The van der Waals surface area contributed by atoms with Gasteiger partial charge in [0.05, 0.1) is 16.2 Å². The first kappa shape index (κ1) is 16.8. The van der Waals surface area contributed by atoms with Gasteiger partial charge in [-0.15, -0.1) is 0 Å². The number of nitriles is 1. The van der Waals surface area contributed by atoms with Crippen LogP contribution in [0.15, 0.2) is 35.6 Å². The van der Waals surface area contributed by atoms with Crippen LogP contribution in [0.2, 0.25) is 0 Å². The first-order valence-corrected chi connectivity index (χ1v) is 9.59. The summed E-state index contributed by atoms with van der Waals surface area (Å²) in [7, 11) is -3.23. The van der Waals surface area contributed by atoms with Crippen molar-refractivity contribution in [2.45, 2.75) is 61.9 Å². The third-order valence-corrected chi connectivity index (χ3v) is 6.48. The number of sulfone groups is 1. The maximum atomic E-state index is 12.4. The van der Waals surface area contributed by atoms with E-state index in [1.807, 2.05) is 20.8 Å². The molecule has 0 amide bonds. The van der Waals surface area contributed by atoms with E-state index < -0.39 is 21.5 Å². The Morgan fingerprint density at radius 2 is 2.04 bits per heavy atom. The largest absolute Gasteiger partial charge is 0.474 e. The minimum Gasteiger partial charge on any atom is -0.474 e. The summed E-state index contributed by atoms with van der Waals surface area (Å²) < 4.78 is 30.6. The molecule has 1 aromatic rings. The van der Waals surface area contributed by atoms with Crippen molar-refractivity contribution in [3.05, 3.63) is 41.8 Å². The van der Waals surface area contributed by atoms with Crippen LogP contribution in [0, 0.1) is 11.3 Å². The summed E-state index contributed by atoms with van der Waals surface area (Å²) in [5.74, 6) is 0.428. The normalized spacial score (nSPS) is 20.4. The van der Waals surface area contributed by atoms with Gasteiger partial charge in [0.25, 0.3) is 0 Å². The van der Waals surface area contributed by atoms with Gasteiger partial charge >= 0.3 is 0 Å². The Balaban J connectivity index is 1.91. The van der Waals surface area contributed by atoms with Crippen molar-refractivity contribution in [3.63, 3.8) is 0 Å². The molecule has 128 valence electrons. The van der Waals surface area contributed by atoms with Crippen LogP contribution in [0.25, 0.3) is 0 Å². The van der Waals surface area contributed by atoms with Gasteiger partial charge in [-0.05, 0) is 63.5 Å². The third-order valence-electron chi connectivity index (χ3n) is 4.22. The lowest BCUT2D eigenvalue weighted by Crippen LogP contribution is -2.28. The van der Waals surface area contributed by atoms with Gasteiger partial charge in [-0.1, -0.05) is 6.07 Å². The molecule has 2 aliphatic rings. The van der Waals surface area contributed by atoms with E-state index in [0.717, 1.165) is 24.0 Å². The van der Waals surface area contributed by atoms with E-state index in [0.29, 0.717) is 17.3 Å². The summed E-state index contributed by atoms with van der Waals surface area (Å²) >= 11 is 0. The first-order chi connectivity index (χ1) is 11.1. The fourth-order valence-corrected chi connectivity index (χ4v) is 4.67. The van der Waals surface area contributed by atoms with Crippen molar-refractivity contribution < 1.29 is 13.2 Å². The highest BCUT2D eigenvalue weighted by Gasteiger charge is 2.39. The lowest BCUT2D eigenvalue weighted by molar-refractivity contribution is -0.00223. The van der Waals surface area contributed by atoms with Crippen molar-refractivity contribution >= 4 is 9.84 Å². The average Bonchev–Trinajstić information content (AvgIpc) is 3.26. The fraction of sp³-hybridized carbons (Fsp3) is 0.500. The molecule has 1 aliphatic heterocycles. The van der Waals surface area contributed by atoms with Gasteiger partial charge in [0.2, 0.25) is 0 Å². The zero-order valence-electron chi connectivity index (χ0n) is 14.2. The molecule has 0 spiro atoms. The fourth-order valence-electron chi connectivity index (χ4n) is 2.96. The number of hydrogen-bond acceptors (Lipinski definition) is 5. The summed E-state index contributed by atoms with van der Waals surface area (Å²) in [6.45, 7) is 10.1. The van der Waals surface area contributed by atoms with Crippen LogP contribution >= 0.6 is 0 Å². The average molecular weight is 346 g/mol. The summed E-state index contributed by atoms with van der Waals surface area (Å²) in [5, 5.41) is 9.31. The standard InChI is InChI=1S/C18H22N2O3S/c1-12(23-18(2,3)4)20-11-13-9-15(24(21,22)14-5-6-14)7-8-16(13)17(20)10-19/h7-9,14,17H,1,5-6,11H2,2-4H3. The number of nitrogens with zero attached hydrogens (tertiary/aromatic N) is 2. The van der Waals surface area contributed by atoms with Gasteiger partial charge < -0.3 is 9.64 Å². The monoisotopic (exact) mass is 346 g/mol. The highest BCUT2D eigenvalue weighted by Crippen LogP contribution is 2.40. The van der Waals surface area contributed by atoms with E-state index in [2.05, 4.69) is 12.6 Å². The maximum absolute atomic E-state index is 12.4. The van der Waals surface area contributed by atoms with Crippen LogP contribution in [-0.4, -0.2) is 24.2 Å². The molecule has 0 aromatic heterocycles. The number of benzene rings is 1. The van der Waals surface area contributed by atoms with Crippen molar-refractivity contribution in [2.24, 2.45) is 0 Å². The minimum absolute atomic E-state index is 0.237. The lowest BCUT2D eigenvalue weighted by atomic mass is 10.1. The Hall–Kier alpha value is -2.00. The Morgan fingerprint density at radius 3 is 2.58 bits per heavy atom. The first-order valence-electron chi connectivity index (χ1n) is 8.04. The highest BCUT2D eigenvalue weighted by molar-refractivity contribution is 7.92. The predicted octanol–water partition coefficient (Wildman–Crippen LogP) is 3.29. The van der Waals surface area contributed by atoms with Gasteiger partial charge in [-0.2, -0.15) is 5.26 Å². The molecule has 1 aromatic carbocycles. The predicted molar refractivity (Wildman–Crippen MR) is 90.5 cm³/mol. The molecule has 1 fully saturated rings. The van der Waals surface area contributed by atoms with E-state index in [9.17, 15) is 13.7 Å². The molecule has 1 unspecified atom stereocenters. The molecular formula is C18H22N2O3S. The van der Waals surface area contributed by atoms with Gasteiger partial charge in [0.1, 0.15) is 11.6 Å². The van der Waals surface area contributed by atoms with Gasteiger partial charge in [0, 0.05) is 6.54 Å². The summed E-state index contributed by atoms with van der Waals surface area (Å²) in [4.78, 5) is 2.13. The third kappa shape index (κ3) is 3.01. The molecule has 5 nitrogen and oxygen atoms in total. The Kier molecular flexibility index (Phi) is 3.88. The zero-order chi connectivity index (χ0) is 17.7. The topological polar surface area (TPSA) is 70.4 Å². The Bertz CT molecular complexity index is 827. The molecule has 3 rings (SSSR count). The molecule has 0 saturated heterocycles. The van der Waals surface area contributed by atoms with Crippen LogP contribution in [-0.2, 0) is 21.1 Å². The van der Waals surface area contributed by atoms with Crippen LogP contribution < -0.4 is 0 Å². The van der Waals surface area contributed by atoms with E-state index in [1.54, 1.807) is 23.1 Å². The molecule has 0 N–H and O–H groups in total. The molecule has 6 heteroatoms. The Morgan fingerprint density at radius 1 is 1.38 bits per heavy atom. The second-order valence-corrected chi connectivity index (χ2v) is 9.60. The van der Waals surface area contributed by atoms with Crippen LogP contribution in [0.5, 0.6) is 0 Å². The van der Waals surface area contributed by atoms with E-state index in [-0.39, 0.29) is 5.25 Å². The zero-order valence-corrected chi connectivity index (χ0v) is 15.1. The smallest absolute Gasteiger partial charge is 0.184 e. The quantitative estimate of drug-likeness (QED) is 0.783. The Labute approximate surface area is 143 Å². The summed E-state index contributed by atoms with van der Waals surface area (Å²) in [6, 6.07) is 6.84. The van der Waals surface area contributed by atoms with Gasteiger partial charge in [-0.25, -0.2) is 8.42 Å². The van der Waals surface area contributed by atoms with E-state index >= 15 is 0 Å². The number of hydrogen-bond donors (Lipinski definition) is 0. The number of ether oxygens (including phenoxy) is 1. The maximum Gasteiger partial charge on any atom is 0.184 e. The minimum atomic E-state index is -3.23. The molecule has 0 bridgehead atoms. The van der Waals surface area contributed by atoms with Crippen molar-refractivity contribution in [1.29, 1.82) is 5.26 Å². The molecule has 24 heavy (non-hydrogen) atoms. The van der Waals surface area contributed by atoms with Gasteiger partial charge in [0.15, 0.2) is 15.7 Å². The molecule has 1 aliphatic carbocycles. The van der Waals surface area contributed by atoms with Crippen molar-refractivity contribution in [2.75, 3.05) is 0 Å². The molecule has 0 radical (unpaired) electrons. The summed E-state index contributed by atoms with van der Waals surface area (Å²) in [5.41, 5.74) is 1.26. The SMILES string of the molecule is C=C(OC(C)(C)C)N1Cc2cc(S(=O)(=O)C3CC3)ccc2C1C#N. The van der Waals surface area contributed by atoms with E-state index in [1.165, 1.54) is 0 Å². The lowest BCUT2D eigenvalue weighted by Gasteiger charge is -2.30. The van der Waals surface area contributed by atoms with Crippen LogP contribution in [0.1, 0.15) is 50.8 Å². The van der Waals surface area contributed by atoms with Crippen molar-refractivity contribution in [1.82, 2.24) is 4.90 Å². The van der Waals surface area contributed by atoms with Crippen molar-refractivity contribution in [3.8, 4) is 6.07 Å². The molecule has 1 saturated carbocycles. The van der Waals surface area contributed by atoms with Crippen LogP contribution in [0.4, 0.5) is 0 Å². The number of rotatable bonds is 4. The van der Waals surface area contributed by atoms with Gasteiger partial charge in [-0.3, -0.25) is 0 Å². The second kappa shape index (κ2) is 5.52. The summed E-state index contributed by atoms with van der Waals surface area (Å²) in [6.07, 6.45) is 1.48. The molecular weight excluding hydrogens is 324 g/mol. The molecule has 1 atom stereocenters. The number of fused-ring (bicyclic) bond motifs is 1. The van der Waals surface area contributed by atoms with E-state index in [4.69, 9.17) is 4.74 Å². The molecule has 1 heterocycles.